The molecule has 5 aromatic carbocycles. The minimum Gasteiger partial charge on any atom is -0.307 e. The number of allylic oxidation sites excluding steroid dienone is 5. The molecule has 3 heterocycles. The van der Waals surface area contributed by atoms with E-state index in [-0.39, 0.29) is 0 Å². The van der Waals surface area contributed by atoms with E-state index in [0.29, 0.717) is 0 Å². The van der Waals surface area contributed by atoms with Crippen molar-refractivity contribution in [1.29, 1.82) is 0 Å². The maximum absolute atomic E-state index is 5.36. The highest BCUT2D eigenvalue weighted by Gasteiger charge is 2.21. The summed E-state index contributed by atoms with van der Waals surface area (Å²) in [6.45, 7) is 6.02. The molecule has 3 aromatic heterocycles. The molecule has 0 aliphatic heterocycles. The molecular formula is C47H35N3. The number of hydrogen-bond acceptors (Lipinski definition) is 2. The summed E-state index contributed by atoms with van der Waals surface area (Å²) in [4.78, 5) is 10.6. The fraction of sp³-hybridized carbons (Fsp3) is 0.0213. The first-order valence-electron chi connectivity index (χ1n) is 16.9. The molecule has 3 nitrogen and oxygen atoms in total. The van der Waals surface area contributed by atoms with Crippen LogP contribution in [0.3, 0.4) is 0 Å². The molecule has 0 atom stereocenters. The molecule has 8 aromatic rings. The molecule has 238 valence electrons. The lowest BCUT2D eigenvalue weighted by Crippen LogP contribution is -1.98. The Morgan fingerprint density at radius 3 is 1.64 bits per heavy atom. The standard InChI is InChI=1S/C47H35N3/c1-3-5-26-39(4-2)50-45-28-27-37(43-31-38(33-18-10-6-11-19-33)30-42(48-43)34-20-12-7-13-21-34)29-40(45)41-32-44(35-22-14-8-15-23-35)49-46(47(41)50)36-24-16-9-17-25-36/h3-32H,1H2,2H3/b26-5-,39-4+. The molecule has 50 heavy (non-hydrogen) atoms. The van der Waals surface area contributed by atoms with Gasteiger partial charge in [-0.2, -0.15) is 0 Å². The number of aromatic nitrogens is 3. The summed E-state index contributed by atoms with van der Waals surface area (Å²) in [5.74, 6) is 0. The Labute approximate surface area is 292 Å². The van der Waals surface area contributed by atoms with Gasteiger partial charge in [-0.25, -0.2) is 9.97 Å². The molecule has 0 aliphatic carbocycles. The maximum atomic E-state index is 5.36. The van der Waals surface area contributed by atoms with E-state index in [9.17, 15) is 0 Å². The minimum absolute atomic E-state index is 0.923. The number of hydrogen-bond donors (Lipinski definition) is 0. The average Bonchev–Trinajstić information content (AvgIpc) is 3.52. The highest BCUT2D eigenvalue weighted by atomic mass is 15.0. The molecule has 3 heteroatoms. The van der Waals surface area contributed by atoms with Crippen LogP contribution in [0.1, 0.15) is 6.92 Å². The van der Waals surface area contributed by atoms with Gasteiger partial charge >= 0.3 is 0 Å². The smallest absolute Gasteiger partial charge is 0.0956 e. The second kappa shape index (κ2) is 13.5. The van der Waals surface area contributed by atoms with Gasteiger partial charge in [0.05, 0.1) is 33.8 Å². The zero-order valence-electron chi connectivity index (χ0n) is 27.9. The normalized spacial score (nSPS) is 11.8. The molecule has 0 spiro atoms. The van der Waals surface area contributed by atoms with E-state index in [1.165, 1.54) is 0 Å². The topological polar surface area (TPSA) is 30.7 Å². The van der Waals surface area contributed by atoms with Crippen molar-refractivity contribution in [3.05, 3.63) is 189 Å². The molecule has 0 unspecified atom stereocenters. The molecule has 0 saturated heterocycles. The monoisotopic (exact) mass is 641 g/mol. The Balaban J connectivity index is 1.45. The van der Waals surface area contributed by atoms with Crippen molar-refractivity contribution >= 4 is 27.5 Å². The van der Waals surface area contributed by atoms with E-state index in [1.807, 2.05) is 30.4 Å². The van der Waals surface area contributed by atoms with Crippen molar-refractivity contribution < 1.29 is 0 Å². The number of nitrogens with zero attached hydrogens (tertiary/aromatic N) is 3. The first kappa shape index (κ1) is 30.7. The third kappa shape index (κ3) is 5.76. The molecule has 0 fully saturated rings. The Morgan fingerprint density at radius 2 is 1.06 bits per heavy atom. The van der Waals surface area contributed by atoms with E-state index >= 15 is 0 Å². The third-order valence-corrected chi connectivity index (χ3v) is 9.12. The Bertz CT molecular complexity index is 2470. The van der Waals surface area contributed by atoms with Crippen LogP contribution in [-0.4, -0.2) is 14.5 Å². The van der Waals surface area contributed by atoms with Crippen molar-refractivity contribution in [2.75, 3.05) is 0 Å². The van der Waals surface area contributed by atoms with Crippen LogP contribution in [0, 0.1) is 0 Å². The second-order valence-corrected chi connectivity index (χ2v) is 12.2. The van der Waals surface area contributed by atoms with Gasteiger partial charge in [0.15, 0.2) is 0 Å². The lowest BCUT2D eigenvalue weighted by Gasteiger charge is -2.13. The van der Waals surface area contributed by atoms with E-state index in [2.05, 4.69) is 170 Å². The molecule has 0 aliphatic rings. The SMILES string of the molecule is C=C/C=C\C(=C/C)n1c2ccc(-c3cc(-c4ccccc4)cc(-c4ccccc4)n3)cc2c2cc(-c3ccccc3)nc(-c3ccccc3)c21. The number of rotatable bonds is 8. The van der Waals surface area contributed by atoms with Crippen LogP contribution in [-0.2, 0) is 0 Å². The highest BCUT2D eigenvalue weighted by molar-refractivity contribution is 6.16. The van der Waals surface area contributed by atoms with Gasteiger partial charge in [0.25, 0.3) is 0 Å². The molecule has 8 rings (SSSR count). The Morgan fingerprint density at radius 1 is 0.520 bits per heavy atom. The lowest BCUT2D eigenvalue weighted by atomic mass is 9.99. The van der Waals surface area contributed by atoms with Gasteiger partial charge in [-0.05, 0) is 54.5 Å². The molecule has 0 bridgehead atoms. The van der Waals surface area contributed by atoms with Gasteiger partial charge in [-0.3, -0.25) is 0 Å². The first-order chi connectivity index (χ1) is 24.7. The zero-order valence-corrected chi connectivity index (χ0v) is 27.9. The largest absolute Gasteiger partial charge is 0.307 e. The summed E-state index contributed by atoms with van der Waals surface area (Å²) < 4.78 is 2.34. The quantitative estimate of drug-likeness (QED) is 0.155. The van der Waals surface area contributed by atoms with Crippen molar-refractivity contribution in [3.8, 4) is 56.2 Å². The first-order valence-corrected chi connectivity index (χ1v) is 16.9. The van der Waals surface area contributed by atoms with Crippen LogP contribution in [0.25, 0.3) is 83.7 Å². The minimum atomic E-state index is 0.923. The average molecular weight is 642 g/mol. The van der Waals surface area contributed by atoms with Gasteiger partial charge < -0.3 is 4.57 Å². The predicted octanol–water partition coefficient (Wildman–Crippen LogP) is 12.5. The maximum Gasteiger partial charge on any atom is 0.0956 e. The molecular weight excluding hydrogens is 607 g/mol. The van der Waals surface area contributed by atoms with Crippen molar-refractivity contribution in [2.45, 2.75) is 6.92 Å². The van der Waals surface area contributed by atoms with Crippen LogP contribution in [0.5, 0.6) is 0 Å². The zero-order chi connectivity index (χ0) is 33.9. The summed E-state index contributed by atoms with van der Waals surface area (Å²) in [5, 5.41) is 2.26. The fourth-order valence-corrected chi connectivity index (χ4v) is 6.72. The van der Waals surface area contributed by atoms with E-state index < -0.39 is 0 Å². The molecule has 0 amide bonds. The highest BCUT2D eigenvalue weighted by Crippen LogP contribution is 2.41. The summed E-state index contributed by atoms with van der Waals surface area (Å²) in [6, 6.07) is 55.2. The number of benzene rings is 5. The van der Waals surface area contributed by atoms with Gasteiger partial charge in [0, 0.05) is 38.7 Å². The van der Waals surface area contributed by atoms with Gasteiger partial charge in [0.2, 0.25) is 0 Å². The van der Waals surface area contributed by atoms with E-state index in [0.717, 1.165) is 83.7 Å². The lowest BCUT2D eigenvalue weighted by molar-refractivity contribution is 1.21. The van der Waals surface area contributed by atoms with Crippen molar-refractivity contribution in [2.24, 2.45) is 0 Å². The van der Waals surface area contributed by atoms with Crippen LogP contribution >= 0.6 is 0 Å². The van der Waals surface area contributed by atoms with Gasteiger partial charge in [0.1, 0.15) is 0 Å². The third-order valence-electron chi connectivity index (χ3n) is 9.12. The predicted molar refractivity (Wildman–Crippen MR) is 211 cm³/mol. The van der Waals surface area contributed by atoms with Crippen molar-refractivity contribution in [1.82, 2.24) is 14.5 Å². The summed E-state index contributed by atoms with van der Waals surface area (Å²) >= 11 is 0. The van der Waals surface area contributed by atoms with Crippen LogP contribution < -0.4 is 0 Å². The number of pyridine rings is 2. The van der Waals surface area contributed by atoms with Gasteiger partial charge in [-0.15, -0.1) is 0 Å². The summed E-state index contributed by atoms with van der Waals surface area (Å²) in [5.41, 5.74) is 13.5. The van der Waals surface area contributed by atoms with Crippen LogP contribution in [0.15, 0.2) is 189 Å². The van der Waals surface area contributed by atoms with Crippen LogP contribution in [0.4, 0.5) is 0 Å². The van der Waals surface area contributed by atoms with Crippen LogP contribution in [0.2, 0.25) is 0 Å². The molecule has 0 saturated carbocycles. The second-order valence-electron chi connectivity index (χ2n) is 12.2. The molecule has 0 radical (unpaired) electrons. The number of fused-ring (bicyclic) bond motifs is 3. The Kier molecular flexibility index (Phi) is 8.30. The van der Waals surface area contributed by atoms with E-state index in [1.54, 1.807) is 0 Å². The van der Waals surface area contributed by atoms with Gasteiger partial charge in [-0.1, -0.05) is 152 Å². The molecule has 0 N–H and O–H groups in total. The van der Waals surface area contributed by atoms with Crippen molar-refractivity contribution in [3.63, 3.8) is 0 Å². The fourth-order valence-electron chi connectivity index (χ4n) is 6.72. The summed E-state index contributed by atoms with van der Waals surface area (Å²) in [7, 11) is 0. The van der Waals surface area contributed by atoms with E-state index in [4.69, 9.17) is 9.97 Å². The Hall–Kier alpha value is -6.58. The summed E-state index contributed by atoms with van der Waals surface area (Å²) in [6.07, 6.45) is 8.05.